The quantitative estimate of drug-likeness (QED) is 0.745. The number of alkyl halides is 3. The van der Waals surface area contributed by atoms with Crippen molar-refractivity contribution < 1.29 is 27.5 Å². The SMILES string of the molecule is NC(=O)C[C@H]1CCN(C(=O)n2nnn(-c3cccc(OC(F)(F)F)c3)c2=O)C1. The number of hydrogen-bond acceptors (Lipinski definition) is 6. The Morgan fingerprint density at radius 1 is 1.29 bits per heavy atom. The van der Waals surface area contributed by atoms with Crippen molar-refractivity contribution in [3.8, 4) is 11.4 Å². The summed E-state index contributed by atoms with van der Waals surface area (Å²) in [5.74, 6) is -1.14. The van der Waals surface area contributed by atoms with Gasteiger partial charge in [0.15, 0.2) is 0 Å². The number of ether oxygens (including phenoxy) is 1. The van der Waals surface area contributed by atoms with Gasteiger partial charge >= 0.3 is 18.1 Å². The van der Waals surface area contributed by atoms with Crippen molar-refractivity contribution in [3.05, 3.63) is 34.7 Å². The lowest BCUT2D eigenvalue weighted by atomic mass is 10.1. The van der Waals surface area contributed by atoms with Gasteiger partial charge < -0.3 is 15.4 Å². The molecule has 13 heteroatoms. The van der Waals surface area contributed by atoms with Crippen LogP contribution in [-0.4, -0.2) is 56.1 Å². The predicted molar refractivity (Wildman–Crippen MR) is 86.6 cm³/mol. The molecule has 2 amide bonds. The summed E-state index contributed by atoms with van der Waals surface area (Å²) in [6.07, 6.45) is -4.22. The first kappa shape index (κ1) is 19.4. The molecule has 3 rings (SSSR count). The first-order chi connectivity index (χ1) is 13.1. The maximum atomic E-state index is 12.5. The maximum absolute atomic E-state index is 12.5. The summed E-state index contributed by atoms with van der Waals surface area (Å²) in [4.78, 5) is 37.2. The fraction of sp³-hybridized carbons (Fsp3) is 0.400. The van der Waals surface area contributed by atoms with E-state index >= 15 is 0 Å². The van der Waals surface area contributed by atoms with E-state index < -0.39 is 29.7 Å². The minimum absolute atomic E-state index is 0.0566. The second kappa shape index (κ2) is 7.32. The molecule has 0 unspecified atom stereocenters. The molecule has 0 radical (unpaired) electrons. The van der Waals surface area contributed by atoms with Crippen LogP contribution < -0.4 is 16.2 Å². The van der Waals surface area contributed by atoms with Gasteiger partial charge in [0.2, 0.25) is 5.91 Å². The van der Waals surface area contributed by atoms with Gasteiger partial charge in [-0.25, -0.2) is 9.59 Å². The van der Waals surface area contributed by atoms with Crippen LogP contribution in [0.25, 0.3) is 5.69 Å². The van der Waals surface area contributed by atoms with Gasteiger partial charge in [0.1, 0.15) is 5.75 Å². The Morgan fingerprint density at radius 3 is 2.71 bits per heavy atom. The Hall–Kier alpha value is -3.38. The fourth-order valence-corrected chi connectivity index (χ4v) is 2.93. The number of carbonyl (C=O) groups is 2. The van der Waals surface area contributed by atoms with Crippen LogP contribution in [0.5, 0.6) is 5.75 Å². The number of aromatic nitrogens is 4. The van der Waals surface area contributed by atoms with Crippen molar-refractivity contribution in [2.45, 2.75) is 19.2 Å². The molecule has 2 heterocycles. The van der Waals surface area contributed by atoms with Crippen molar-refractivity contribution in [2.24, 2.45) is 11.7 Å². The topological polar surface area (TPSA) is 125 Å². The Balaban J connectivity index is 1.79. The molecule has 0 spiro atoms. The number of primary amides is 1. The molecule has 0 saturated carbocycles. The number of amides is 2. The monoisotopic (exact) mass is 400 g/mol. The van der Waals surface area contributed by atoms with Gasteiger partial charge in [-0.1, -0.05) is 6.07 Å². The zero-order valence-electron chi connectivity index (χ0n) is 14.3. The number of rotatable bonds is 4. The van der Waals surface area contributed by atoms with Crippen LogP contribution in [0.1, 0.15) is 12.8 Å². The largest absolute Gasteiger partial charge is 0.573 e. The summed E-state index contributed by atoms with van der Waals surface area (Å²) < 4.78 is 42.0. The first-order valence-corrected chi connectivity index (χ1v) is 8.13. The number of likely N-dealkylation sites (tertiary alicyclic amines) is 1. The van der Waals surface area contributed by atoms with E-state index in [1.807, 2.05) is 0 Å². The molecule has 1 aliphatic rings. The molecule has 2 aromatic rings. The van der Waals surface area contributed by atoms with Gasteiger partial charge in [-0.3, -0.25) is 4.79 Å². The van der Waals surface area contributed by atoms with Crippen LogP contribution in [0.2, 0.25) is 0 Å². The van der Waals surface area contributed by atoms with Crippen LogP contribution in [0.4, 0.5) is 18.0 Å². The molecule has 1 aromatic heterocycles. The second-order valence-corrected chi connectivity index (χ2v) is 6.18. The lowest BCUT2D eigenvalue weighted by Crippen LogP contribution is -2.40. The number of hydrogen-bond donors (Lipinski definition) is 1. The lowest BCUT2D eigenvalue weighted by molar-refractivity contribution is -0.274. The van der Waals surface area contributed by atoms with Crippen molar-refractivity contribution >= 4 is 11.9 Å². The number of tetrazole rings is 1. The summed E-state index contributed by atoms with van der Waals surface area (Å²) in [5.41, 5.74) is 4.14. The van der Waals surface area contributed by atoms with Crippen LogP contribution >= 0.6 is 0 Å². The summed E-state index contributed by atoms with van der Waals surface area (Å²) >= 11 is 0. The van der Waals surface area contributed by atoms with E-state index in [0.717, 1.165) is 12.1 Å². The minimum Gasteiger partial charge on any atom is -0.406 e. The molecule has 10 nitrogen and oxygen atoms in total. The van der Waals surface area contributed by atoms with E-state index in [-0.39, 0.29) is 24.6 Å². The van der Waals surface area contributed by atoms with Crippen LogP contribution in [0, 0.1) is 5.92 Å². The molecule has 2 N–H and O–H groups in total. The molecule has 1 aliphatic heterocycles. The van der Waals surface area contributed by atoms with Crippen LogP contribution in [0.15, 0.2) is 29.1 Å². The van der Waals surface area contributed by atoms with Gasteiger partial charge in [0, 0.05) is 25.6 Å². The standard InChI is InChI=1S/C15H15F3N6O4/c16-15(17,18)28-11-3-1-2-10(7-11)23-14(27)24(21-20-23)13(26)22-5-4-9(8-22)6-12(19)25/h1-3,7,9H,4-6,8H2,(H2,19,25)/t9-/m1/s1. The van der Waals surface area contributed by atoms with Crippen molar-refractivity contribution in [1.82, 2.24) is 24.7 Å². The highest BCUT2D eigenvalue weighted by atomic mass is 19.4. The van der Waals surface area contributed by atoms with Gasteiger partial charge in [0.05, 0.1) is 5.69 Å². The molecule has 0 bridgehead atoms. The van der Waals surface area contributed by atoms with E-state index in [1.54, 1.807) is 0 Å². The number of nitrogens with two attached hydrogens (primary N) is 1. The lowest BCUT2D eigenvalue weighted by Gasteiger charge is -2.14. The van der Waals surface area contributed by atoms with Crippen molar-refractivity contribution in [1.29, 1.82) is 0 Å². The molecule has 1 atom stereocenters. The van der Waals surface area contributed by atoms with E-state index in [9.17, 15) is 27.6 Å². The van der Waals surface area contributed by atoms with Gasteiger partial charge in [-0.05, 0) is 34.9 Å². The molecule has 150 valence electrons. The molecule has 28 heavy (non-hydrogen) atoms. The Labute approximate surface area is 155 Å². The second-order valence-electron chi connectivity index (χ2n) is 6.18. The summed E-state index contributed by atoms with van der Waals surface area (Å²) in [5, 5.41) is 7.04. The number of nitrogens with zero attached hydrogens (tertiary/aromatic N) is 5. The highest BCUT2D eigenvalue weighted by molar-refractivity contribution is 5.77. The van der Waals surface area contributed by atoms with E-state index in [0.29, 0.717) is 22.3 Å². The highest BCUT2D eigenvalue weighted by Crippen LogP contribution is 2.24. The maximum Gasteiger partial charge on any atom is 0.573 e. The predicted octanol–water partition coefficient (Wildman–Crippen LogP) is 0.493. The Kier molecular flexibility index (Phi) is 5.07. The number of carbonyl (C=O) groups excluding carboxylic acids is 2. The minimum atomic E-state index is -4.89. The molecular weight excluding hydrogens is 385 g/mol. The number of halogens is 3. The molecule has 1 saturated heterocycles. The van der Waals surface area contributed by atoms with E-state index in [4.69, 9.17) is 5.73 Å². The van der Waals surface area contributed by atoms with Crippen LogP contribution in [0.3, 0.4) is 0 Å². The molecular formula is C15H15F3N6O4. The first-order valence-electron chi connectivity index (χ1n) is 8.13. The van der Waals surface area contributed by atoms with Crippen LogP contribution in [-0.2, 0) is 4.79 Å². The summed E-state index contributed by atoms with van der Waals surface area (Å²) in [6.45, 7) is 0.543. The van der Waals surface area contributed by atoms with Crippen molar-refractivity contribution in [3.63, 3.8) is 0 Å². The summed E-state index contributed by atoms with van der Waals surface area (Å²) in [6, 6.07) is 3.80. The highest BCUT2D eigenvalue weighted by Gasteiger charge is 2.32. The zero-order chi connectivity index (χ0) is 20.5. The average Bonchev–Trinajstić information content (AvgIpc) is 3.19. The third-order valence-electron chi connectivity index (χ3n) is 4.10. The Morgan fingerprint density at radius 2 is 2.04 bits per heavy atom. The zero-order valence-corrected chi connectivity index (χ0v) is 14.3. The normalized spacial score (nSPS) is 17.0. The van der Waals surface area contributed by atoms with Gasteiger partial charge in [0.25, 0.3) is 0 Å². The number of benzene rings is 1. The third kappa shape index (κ3) is 4.29. The smallest absolute Gasteiger partial charge is 0.406 e. The molecule has 1 aromatic carbocycles. The van der Waals surface area contributed by atoms with Gasteiger partial charge in [-0.2, -0.15) is 4.68 Å². The van der Waals surface area contributed by atoms with E-state index in [1.165, 1.54) is 17.0 Å². The Bertz CT molecular complexity index is 954. The molecule has 0 aliphatic carbocycles. The van der Waals surface area contributed by atoms with Crippen molar-refractivity contribution in [2.75, 3.05) is 13.1 Å². The summed E-state index contributed by atoms with van der Waals surface area (Å²) in [7, 11) is 0. The van der Waals surface area contributed by atoms with Gasteiger partial charge in [-0.15, -0.1) is 17.9 Å². The average molecular weight is 400 g/mol. The molecule has 1 fully saturated rings. The van der Waals surface area contributed by atoms with E-state index in [2.05, 4.69) is 15.2 Å². The third-order valence-corrected chi connectivity index (χ3v) is 4.10. The fourth-order valence-electron chi connectivity index (χ4n) is 2.93.